The monoisotopic (exact) mass is 416 g/mol. The summed E-state index contributed by atoms with van der Waals surface area (Å²) in [5.74, 6) is -2.53. The summed E-state index contributed by atoms with van der Waals surface area (Å²) in [5, 5.41) is 13.0. The summed E-state index contributed by atoms with van der Waals surface area (Å²) in [6.07, 6.45) is 1.02. The average Bonchev–Trinajstić information content (AvgIpc) is 2.69. The van der Waals surface area contributed by atoms with E-state index in [2.05, 4.69) is 10.3 Å². The molecule has 10 nitrogen and oxygen atoms in total. The van der Waals surface area contributed by atoms with Gasteiger partial charge in [0.05, 0.1) is 23.4 Å². The van der Waals surface area contributed by atoms with Crippen LogP contribution in [0.2, 0.25) is 5.02 Å². The van der Waals surface area contributed by atoms with Gasteiger partial charge in [-0.2, -0.15) is 0 Å². The Balaban J connectivity index is 1.88. The van der Waals surface area contributed by atoms with Crippen LogP contribution < -0.4 is 15.0 Å². The smallest absolute Gasteiger partial charge is 0.335 e. The maximum atomic E-state index is 12.7. The lowest BCUT2D eigenvalue weighted by atomic mass is 10.1. The Morgan fingerprint density at radius 3 is 2.52 bits per heavy atom. The molecule has 1 atom stereocenters. The highest BCUT2D eigenvalue weighted by molar-refractivity contribution is 6.33. The van der Waals surface area contributed by atoms with Crippen molar-refractivity contribution in [3.63, 3.8) is 0 Å². The van der Waals surface area contributed by atoms with E-state index in [4.69, 9.17) is 16.3 Å². The quantitative estimate of drug-likeness (QED) is 0.345. The predicted molar refractivity (Wildman–Crippen MR) is 104 cm³/mol. The summed E-state index contributed by atoms with van der Waals surface area (Å²) in [7, 11) is 1.47. The molecule has 3 rings (SSSR count). The normalized spacial score (nSPS) is 16.8. The molecule has 0 radical (unpaired) electrons. The first kappa shape index (κ1) is 20.0. The van der Waals surface area contributed by atoms with Gasteiger partial charge in [0.1, 0.15) is 10.8 Å². The molecule has 1 saturated heterocycles. The van der Waals surface area contributed by atoms with Gasteiger partial charge in [0.25, 0.3) is 11.6 Å². The van der Waals surface area contributed by atoms with Crippen molar-refractivity contribution >= 4 is 52.7 Å². The van der Waals surface area contributed by atoms with E-state index in [0.29, 0.717) is 5.75 Å². The molecule has 0 bridgehead atoms. The second-order valence-corrected chi connectivity index (χ2v) is 6.22. The minimum absolute atomic E-state index is 0.0725. The topological polar surface area (TPSA) is 131 Å². The van der Waals surface area contributed by atoms with E-state index < -0.39 is 28.7 Å². The van der Waals surface area contributed by atoms with Gasteiger partial charge in [-0.25, -0.2) is 9.69 Å². The number of imide groups is 2. The Kier molecular flexibility index (Phi) is 5.55. The van der Waals surface area contributed by atoms with Crippen molar-refractivity contribution in [1.82, 2.24) is 5.32 Å². The highest BCUT2D eigenvalue weighted by Gasteiger charge is 2.40. The van der Waals surface area contributed by atoms with E-state index in [1.54, 1.807) is 12.1 Å². The number of methoxy groups -OCH3 is 1. The summed E-state index contributed by atoms with van der Waals surface area (Å²) >= 11 is 5.75. The zero-order chi connectivity index (χ0) is 21.1. The van der Waals surface area contributed by atoms with Gasteiger partial charge in [0.15, 0.2) is 5.92 Å². The number of benzene rings is 2. The van der Waals surface area contributed by atoms with Crippen molar-refractivity contribution in [2.24, 2.45) is 10.9 Å². The molecule has 1 N–H and O–H groups in total. The number of urea groups is 1. The molecule has 148 valence electrons. The van der Waals surface area contributed by atoms with Gasteiger partial charge in [-0.05, 0) is 36.4 Å². The number of anilines is 1. The average molecular weight is 417 g/mol. The lowest BCUT2D eigenvalue weighted by Gasteiger charge is -2.28. The molecule has 2 aromatic rings. The minimum Gasteiger partial charge on any atom is -0.497 e. The number of barbiturate groups is 1. The second kappa shape index (κ2) is 8.07. The Labute approximate surface area is 168 Å². The van der Waals surface area contributed by atoms with Crippen LogP contribution in [-0.2, 0) is 9.59 Å². The minimum atomic E-state index is -1.40. The van der Waals surface area contributed by atoms with Crippen LogP contribution in [0.1, 0.15) is 0 Å². The van der Waals surface area contributed by atoms with Crippen LogP contribution >= 0.6 is 11.6 Å². The summed E-state index contributed by atoms with van der Waals surface area (Å²) in [5.41, 5.74) is -0.00768. The number of nitro benzene ring substituents is 1. The van der Waals surface area contributed by atoms with Gasteiger partial charge in [-0.3, -0.25) is 30.0 Å². The van der Waals surface area contributed by atoms with E-state index in [9.17, 15) is 24.5 Å². The molecule has 0 aliphatic carbocycles. The number of carbonyl (C=O) groups excluding carboxylic acids is 3. The number of amides is 4. The van der Waals surface area contributed by atoms with Crippen molar-refractivity contribution in [3.05, 3.63) is 57.6 Å². The first-order valence-corrected chi connectivity index (χ1v) is 8.50. The molecule has 1 heterocycles. The van der Waals surface area contributed by atoms with Crippen LogP contribution in [0.4, 0.5) is 21.9 Å². The van der Waals surface area contributed by atoms with E-state index in [0.717, 1.165) is 17.2 Å². The summed E-state index contributed by atoms with van der Waals surface area (Å²) in [6, 6.07) is 8.98. The molecule has 1 fully saturated rings. The van der Waals surface area contributed by atoms with Crippen molar-refractivity contribution in [1.29, 1.82) is 0 Å². The molecule has 4 amide bonds. The molecular formula is C18H13ClN4O6. The largest absolute Gasteiger partial charge is 0.497 e. The van der Waals surface area contributed by atoms with Gasteiger partial charge in [-0.15, -0.1) is 0 Å². The third-order valence-corrected chi connectivity index (χ3v) is 4.35. The highest BCUT2D eigenvalue weighted by Crippen LogP contribution is 2.29. The third kappa shape index (κ3) is 4.06. The van der Waals surface area contributed by atoms with Crippen LogP contribution in [0.25, 0.3) is 0 Å². The van der Waals surface area contributed by atoms with Crippen LogP contribution in [0.3, 0.4) is 0 Å². The number of nitro groups is 1. The Morgan fingerprint density at radius 2 is 1.90 bits per heavy atom. The highest BCUT2D eigenvalue weighted by atomic mass is 35.5. The maximum Gasteiger partial charge on any atom is 0.335 e. The van der Waals surface area contributed by atoms with Crippen LogP contribution in [0.5, 0.6) is 5.75 Å². The zero-order valence-electron chi connectivity index (χ0n) is 14.9. The molecule has 0 aromatic heterocycles. The van der Waals surface area contributed by atoms with Crippen LogP contribution in [0.15, 0.2) is 47.5 Å². The summed E-state index contributed by atoms with van der Waals surface area (Å²) < 4.78 is 5.03. The second-order valence-electron chi connectivity index (χ2n) is 5.81. The van der Waals surface area contributed by atoms with E-state index in [1.165, 1.54) is 31.4 Å². The summed E-state index contributed by atoms with van der Waals surface area (Å²) in [6.45, 7) is 0. The molecular weight excluding hydrogens is 404 g/mol. The Morgan fingerprint density at radius 1 is 1.21 bits per heavy atom. The number of rotatable bonds is 5. The molecule has 29 heavy (non-hydrogen) atoms. The van der Waals surface area contributed by atoms with Gasteiger partial charge >= 0.3 is 6.03 Å². The fraction of sp³-hybridized carbons (Fsp3) is 0.111. The first-order chi connectivity index (χ1) is 13.8. The molecule has 1 aliphatic rings. The van der Waals surface area contributed by atoms with Crippen molar-refractivity contribution in [2.45, 2.75) is 0 Å². The molecule has 1 aliphatic heterocycles. The molecule has 2 aromatic carbocycles. The Hall–Kier alpha value is -3.79. The number of halogens is 1. The van der Waals surface area contributed by atoms with Gasteiger partial charge in [0.2, 0.25) is 5.91 Å². The number of carbonyl (C=O) groups is 3. The maximum absolute atomic E-state index is 12.7. The molecule has 0 saturated carbocycles. The summed E-state index contributed by atoms with van der Waals surface area (Å²) in [4.78, 5) is 52.1. The standard InChI is InChI=1S/C18H13ClN4O6/c1-29-12-5-3-11(4-6-12)22-17(25)13(16(24)21-18(22)26)9-20-10-2-7-14(19)15(8-10)23(27)28/h2-9,13H,1H3,(H,21,24,26)/t13-/m0/s1. The third-order valence-electron chi connectivity index (χ3n) is 4.03. The van der Waals surface area contributed by atoms with Crippen molar-refractivity contribution in [3.8, 4) is 5.75 Å². The van der Waals surface area contributed by atoms with Gasteiger partial charge in [0, 0.05) is 12.3 Å². The zero-order valence-corrected chi connectivity index (χ0v) is 15.6. The van der Waals surface area contributed by atoms with E-state index >= 15 is 0 Å². The van der Waals surface area contributed by atoms with Crippen LogP contribution in [-0.4, -0.2) is 36.1 Å². The fourth-order valence-corrected chi connectivity index (χ4v) is 2.77. The number of ether oxygens (including phenoxy) is 1. The van der Waals surface area contributed by atoms with Crippen LogP contribution in [0, 0.1) is 16.0 Å². The lowest BCUT2D eigenvalue weighted by Crippen LogP contribution is -2.58. The van der Waals surface area contributed by atoms with E-state index in [1.807, 2.05) is 0 Å². The SMILES string of the molecule is COc1ccc(N2C(=O)NC(=O)[C@H](C=Nc3ccc(Cl)c([N+](=O)[O-])c3)C2=O)cc1. The fourth-order valence-electron chi connectivity index (χ4n) is 2.58. The van der Waals surface area contributed by atoms with Crippen molar-refractivity contribution < 1.29 is 24.0 Å². The number of nitrogens with zero attached hydrogens (tertiary/aromatic N) is 3. The lowest BCUT2D eigenvalue weighted by molar-refractivity contribution is -0.384. The number of hydrogen-bond acceptors (Lipinski definition) is 7. The molecule has 0 unspecified atom stereocenters. The molecule has 0 spiro atoms. The van der Waals surface area contributed by atoms with Gasteiger partial charge < -0.3 is 4.74 Å². The predicted octanol–water partition coefficient (Wildman–Crippen LogP) is 2.86. The van der Waals surface area contributed by atoms with Gasteiger partial charge in [-0.1, -0.05) is 11.6 Å². The Bertz CT molecular complexity index is 1040. The van der Waals surface area contributed by atoms with Crippen molar-refractivity contribution in [2.75, 3.05) is 12.0 Å². The molecule has 11 heteroatoms. The number of nitrogens with one attached hydrogen (secondary N) is 1. The number of aliphatic imine (C=N–C) groups is 1. The number of hydrogen-bond donors (Lipinski definition) is 1. The first-order valence-electron chi connectivity index (χ1n) is 8.13. The van der Waals surface area contributed by atoms with E-state index in [-0.39, 0.29) is 22.1 Å².